The third-order valence-corrected chi connectivity index (χ3v) is 4.70. The van der Waals surface area contributed by atoms with Crippen LogP contribution in [0.15, 0.2) is 18.2 Å². The number of hydrogen-bond donors (Lipinski definition) is 0. The predicted molar refractivity (Wildman–Crippen MR) is 77.5 cm³/mol. The third-order valence-electron chi connectivity index (χ3n) is 3.67. The van der Waals surface area contributed by atoms with Crippen molar-refractivity contribution in [1.82, 2.24) is 14.8 Å². The summed E-state index contributed by atoms with van der Waals surface area (Å²) < 4.78 is 38.9. The van der Waals surface area contributed by atoms with Crippen LogP contribution in [0.1, 0.15) is 10.6 Å². The normalized spacial score (nSPS) is 17.1. The van der Waals surface area contributed by atoms with Crippen molar-refractivity contribution in [1.29, 1.82) is 0 Å². The zero-order chi connectivity index (χ0) is 15.7. The first-order valence-electron chi connectivity index (χ1n) is 6.84. The first-order chi connectivity index (χ1) is 10.5. The molecule has 2 aromatic rings. The van der Waals surface area contributed by atoms with E-state index in [1.165, 1.54) is 17.4 Å². The number of nitrogens with zero attached hydrogens (tertiary/aromatic N) is 3. The summed E-state index contributed by atoms with van der Waals surface area (Å²) in [4.78, 5) is 18.8. The molecule has 8 heteroatoms. The summed E-state index contributed by atoms with van der Waals surface area (Å²) >= 11 is 1.41. The fourth-order valence-corrected chi connectivity index (χ4v) is 3.43. The average Bonchev–Trinajstić information content (AvgIpc) is 2.88. The Balaban J connectivity index is 1.74. The van der Waals surface area contributed by atoms with Crippen molar-refractivity contribution in [2.75, 3.05) is 26.2 Å². The lowest BCUT2D eigenvalue weighted by molar-refractivity contribution is -0.137. The van der Waals surface area contributed by atoms with Gasteiger partial charge in [0.25, 0.3) is 0 Å². The van der Waals surface area contributed by atoms with E-state index < -0.39 is 11.7 Å². The molecule has 22 heavy (non-hydrogen) atoms. The van der Waals surface area contributed by atoms with Crippen LogP contribution in [-0.2, 0) is 17.5 Å². The van der Waals surface area contributed by atoms with Gasteiger partial charge in [0.15, 0.2) is 0 Å². The van der Waals surface area contributed by atoms with Crippen molar-refractivity contribution in [2.24, 2.45) is 0 Å². The number of piperazine rings is 1. The Labute approximate surface area is 129 Å². The lowest BCUT2D eigenvalue weighted by atomic mass is 10.2. The minimum atomic E-state index is -4.34. The second kappa shape index (κ2) is 5.85. The molecule has 1 saturated heterocycles. The second-order valence-corrected chi connectivity index (χ2v) is 6.32. The summed E-state index contributed by atoms with van der Waals surface area (Å²) in [7, 11) is 0. The van der Waals surface area contributed by atoms with E-state index >= 15 is 0 Å². The summed E-state index contributed by atoms with van der Waals surface area (Å²) in [6, 6.07) is 3.66. The number of halogens is 3. The molecule has 1 aliphatic rings. The number of benzene rings is 1. The van der Waals surface area contributed by atoms with E-state index in [4.69, 9.17) is 0 Å². The summed E-state index contributed by atoms with van der Waals surface area (Å²) in [5.41, 5.74) is -0.280. The molecule has 1 aromatic heterocycles. The number of carbonyl (C=O) groups is 1. The van der Waals surface area contributed by atoms with Crippen molar-refractivity contribution in [3.05, 3.63) is 28.8 Å². The predicted octanol–water partition coefficient (Wildman–Crippen LogP) is 2.59. The van der Waals surface area contributed by atoms with Crippen LogP contribution < -0.4 is 0 Å². The van der Waals surface area contributed by atoms with Gasteiger partial charge in [-0.1, -0.05) is 0 Å². The van der Waals surface area contributed by atoms with E-state index in [-0.39, 0.29) is 0 Å². The standard InChI is InChI=1S/C14H14F3N3OS/c15-14(16,17)10-1-2-12-11(7-10)18-13(22-12)8-19-3-5-20(9-21)6-4-19/h1-2,7,9H,3-6,8H2. The van der Waals surface area contributed by atoms with Crippen LogP contribution in [0.3, 0.4) is 0 Å². The molecule has 0 saturated carbocycles. The molecule has 0 N–H and O–H groups in total. The number of amides is 1. The van der Waals surface area contributed by atoms with Crippen LogP contribution in [0.2, 0.25) is 0 Å². The van der Waals surface area contributed by atoms with Crippen LogP contribution in [0.5, 0.6) is 0 Å². The Bertz CT molecular complexity index is 678. The van der Waals surface area contributed by atoms with Crippen molar-refractivity contribution < 1.29 is 18.0 Å². The highest BCUT2D eigenvalue weighted by molar-refractivity contribution is 7.18. The van der Waals surface area contributed by atoms with Crippen molar-refractivity contribution in [3.63, 3.8) is 0 Å². The van der Waals surface area contributed by atoms with Crippen molar-refractivity contribution in [3.8, 4) is 0 Å². The quantitative estimate of drug-likeness (QED) is 0.812. The van der Waals surface area contributed by atoms with Crippen molar-refractivity contribution in [2.45, 2.75) is 12.7 Å². The Morgan fingerprint density at radius 1 is 1.23 bits per heavy atom. The summed E-state index contributed by atoms with van der Waals surface area (Å²) in [5, 5.41) is 0.800. The van der Waals surface area contributed by atoms with E-state index in [1.807, 2.05) is 0 Å². The van der Waals surface area contributed by atoms with Gasteiger partial charge in [0, 0.05) is 26.2 Å². The number of carbonyl (C=O) groups excluding carboxylic acids is 1. The third kappa shape index (κ3) is 3.22. The lowest BCUT2D eigenvalue weighted by Gasteiger charge is -2.31. The highest BCUT2D eigenvalue weighted by Gasteiger charge is 2.30. The van der Waals surface area contributed by atoms with Gasteiger partial charge < -0.3 is 4.90 Å². The largest absolute Gasteiger partial charge is 0.416 e. The van der Waals surface area contributed by atoms with E-state index in [2.05, 4.69) is 9.88 Å². The molecule has 1 aliphatic heterocycles. The van der Waals surface area contributed by atoms with Crippen molar-refractivity contribution >= 4 is 28.0 Å². The van der Waals surface area contributed by atoms with Crippen LogP contribution in [0, 0.1) is 0 Å². The summed E-state index contributed by atoms with van der Waals surface area (Å²) in [6.07, 6.45) is -3.50. The molecule has 2 heterocycles. The lowest BCUT2D eigenvalue weighted by Crippen LogP contribution is -2.45. The minimum absolute atomic E-state index is 0.390. The summed E-state index contributed by atoms with van der Waals surface area (Å²) in [6.45, 7) is 3.46. The fraction of sp³-hybridized carbons (Fsp3) is 0.429. The molecule has 1 amide bonds. The minimum Gasteiger partial charge on any atom is -0.343 e. The molecule has 0 atom stereocenters. The number of aromatic nitrogens is 1. The van der Waals surface area contributed by atoms with Gasteiger partial charge in [0.05, 0.1) is 22.3 Å². The molecule has 1 aromatic carbocycles. The maximum atomic E-state index is 12.7. The Morgan fingerprint density at radius 3 is 2.59 bits per heavy atom. The topological polar surface area (TPSA) is 36.4 Å². The maximum Gasteiger partial charge on any atom is 0.416 e. The van der Waals surface area contributed by atoms with Gasteiger partial charge in [-0.2, -0.15) is 13.2 Å². The Morgan fingerprint density at radius 2 is 1.95 bits per heavy atom. The van der Waals surface area contributed by atoms with E-state index in [0.717, 1.165) is 41.3 Å². The van der Waals surface area contributed by atoms with Crippen LogP contribution in [-0.4, -0.2) is 47.4 Å². The summed E-state index contributed by atoms with van der Waals surface area (Å²) in [5.74, 6) is 0. The zero-order valence-corrected chi connectivity index (χ0v) is 12.5. The molecule has 0 spiro atoms. The molecule has 118 valence electrons. The van der Waals surface area contributed by atoms with Crippen LogP contribution >= 0.6 is 11.3 Å². The average molecular weight is 329 g/mol. The molecule has 3 rings (SSSR count). The van der Waals surface area contributed by atoms with Gasteiger partial charge in [0.1, 0.15) is 5.01 Å². The molecule has 0 bridgehead atoms. The molecule has 0 radical (unpaired) electrons. The maximum absolute atomic E-state index is 12.7. The number of rotatable bonds is 3. The van der Waals surface area contributed by atoms with Gasteiger partial charge in [-0.15, -0.1) is 11.3 Å². The first kappa shape index (κ1) is 15.2. The Hall–Kier alpha value is -1.67. The molecule has 0 unspecified atom stereocenters. The number of hydrogen-bond acceptors (Lipinski definition) is 4. The van der Waals surface area contributed by atoms with Crippen LogP contribution in [0.25, 0.3) is 10.2 Å². The highest BCUT2D eigenvalue weighted by atomic mass is 32.1. The molecule has 4 nitrogen and oxygen atoms in total. The molecule has 0 aliphatic carbocycles. The van der Waals surface area contributed by atoms with Gasteiger partial charge in [-0.05, 0) is 18.2 Å². The number of fused-ring (bicyclic) bond motifs is 1. The van der Waals surface area contributed by atoms with E-state index in [0.29, 0.717) is 25.2 Å². The fourth-order valence-electron chi connectivity index (χ4n) is 2.44. The van der Waals surface area contributed by atoms with Gasteiger partial charge in [-0.3, -0.25) is 9.69 Å². The smallest absolute Gasteiger partial charge is 0.343 e. The monoisotopic (exact) mass is 329 g/mol. The first-order valence-corrected chi connectivity index (χ1v) is 7.66. The number of thiazole rings is 1. The number of alkyl halides is 3. The van der Waals surface area contributed by atoms with Gasteiger partial charge >= 0.3 is 6.18 Å². The highest BCUT2D eigenvalue weighted by Crippen LogP contribution is 2.33. The van der Waals surface area contributed by atoms with E-state index in [1.54, 1.807) is 4.90 Å². The zero-order valence-electron chi connectivity index (χ0n) is 11.6. The van der Waals surface area contributed by atoms with E-state index in [9.17, 15) is 18.0 Å². The molecule has 1 fully saturated rings. The van der Waals surface area contributed by atoms with Gasteiger partial charge in [0.2, 0.25) is 6.41 Å². The molecular formula is C14H14F3N3OS. The second-order valence-electron chi connectivity index (χ2n) is 5.21. The SMILES string of the molecule is O=CN1CCN(Cc2nc3cc(C(F)(F)F)ccc3s2)CC1. The molecular weight excluding hydrogens is 315 g/mol. The van der Waals surface area contributed by atoms with Crippen LogP contribution in [0.4, 0.5) is 13.2 Å². The van der Waals surface area contributed by atoms with Gasteiger partial charge in [-0.25, -0.2) is 4.98 Å². The Kier molecular flexibility index (Phi) is 4.05.